The number of amides is 1. The van der Waals surface area contributed by atoms with Gasteiger partial charge in [-0.15, -0.1) is 0 Å². The number of halogens is 1. The molecule has 116 valence electrons. The standard InChI is InChI=1S/C15H22ClN3O2/c1-11(20)5-8-18(2)15(21)12-9-13(16)17-14(10-12)19-6-3-4-7-19/h9-11,20H,3-8H2,1-2H3. The van der Waals surface area contributed by atoms with Crippen molar-refractivity contribution in [2.75, 3.05) is 31.6 Å². The SMILES string of the molecule is CC(O)CCN(C)C(=O)c1cc(Cl)nc(N2CCCC2)c1. The zero-order chi connectivity index (χ0) is 15.4. The number of anilines is 1. The van der Waals surface area contributed by atoms with Crippen LogP contribution in [0.3, 0.4) is 0 Å². The number of hydrogen-bond acceptors (Lipinski definition) is 4. The summed E-state index contributed by atoms with van der Waals surface area (Å²) < 4.78 is 0. The van der Waals surface area contributed by atoms with Gasteiger partial charge in [0.15, 0.2) is 0 Å². The van der Waals surface area contributed by atoms with Crippen LogP contribution in [-0.4, -0.2) is 53.7 Å². The van der Waals surface area contributed by atoms with Crippen molar-refractivity contribution in [3.05, 3.63) is 22.8 Å². The first-order chi connectivity index (χ1) is 9.97. The largest absolute Gasteiger partial charge is 0.393 e. The Labute approximate surface area is 130 Å². The minimum Gasteiger partial charge on any atom is -0.393 e. The predicted molar refractivity (Wildman–Crippen MR) is 84.0 cm³/mol. The fraction of sp³-hybridized carbons (Fsp3) is 0.600. The van der Waals surface area contributed by atoms with Gasteiger partial charge in [-0.25, -0.2) is 4.98 Å². The molecule has 0 aliphatic carbocycles. The van der Waals surface area contributed by atoms with Gasteiger partial charge < -0.3 is 14.9 Å². The van der Waals surface area contributed by atoms with E-state index in [9.17, 15) is 9.90 Å². The van der Waals surface area contributed by atoms with E-state index in [0.717, 1.165) is 31.7 Å². The van der Waals surface area contributed by atoms with E-state index < -0.39 is 6.10 Å². The Kier molecular flexibility index (Phi) is 5.42. The van der Waals surface area contributed by atoms with E-state index in [1.165, 1.54) is 0 Å². The average molecular weight is 312 g/mol. The van der Waals surface area contributed by atoms with Crippen molar-refractivity contribution in [2.24, 2.45) is 0 Å². The molecule has 0 aromatic carbocycles. The number of nitrogens with zero attached hydrogens (tertiary/aromatic N) is 3. The summed E-state index contributed by atoms with van der Waals surface area (Å²) in [6, 6.07) is 3.40. The highest BCUT2D eigenvalue weighted by Crippen LogP contribution is 2.22. The fourth-order valence-electron chi connectivity index (χ4n) is 2.42. The number of carbonyl (C=O) groups is 1. The lowest BCUT2D eigenvalue weighted by Crippen LogP contribution is -2.30. The van der Waals surface area contributed by atoms with Gasteiger partial charge in [0.1, 0.15) is 11.0 Å². The summed E-state index contributed by atoms with van der Waals surface area (Å²) in [7, 11) is 1.73. The zero-order valence-electron chi connectivity index (χ0n) is 12.5. The quantitative estimate of drug-likeness (QED) is 0.847. The third-order valence-electron chi connectivity index (χ3n) is 3.69. The van der Waals surface area contributed by atoms with Crippen molar-refractivity contribution in [1.29, 1.82) is 0 Å². The monoisotopic (exact) mass is 311 g/mol. The molecule has 1 N–H and O–H groups in total. The highest BCUT2D eigenvalue weighted by Gasteiger charge is 2.18. The third-order valence-corrected chi connectivity index (χ3v) is 3.88. The molecule has 0 saturated carbocycles. The summed E-state index contributed by atoms with van der Waals surface area (Å²) in [4.78, 5) is 20.5. The van der Waals surface area contributed by atoms with Gasteiger partial charge in [-0.1, -0.05) is 11.6 Å². The molecule has 1 aliphatic heterocycles. The molecule has 0 bridgehead atoms. The van der Waals surface area contributed by atoms with Crippen LogP contribution in [0.15, 0.2) is 12.1 Å². The van der Waals surface area contributed by atoms with E-state index >= 15 is 0 Å². The Morgan fingerprint density at radius 1 is 1.48 bits per heavy atom. The van der Waals surface area contributed by atoms with Crippen LogP contribution in [-0.2, 0) is 0 Å². The van der Waals surface area contributed by atoms with Crippen LogP contribution in [0.25, 0.3) is 0 Å². The zero-order valence-corrected chi connectivity index (χ0v) is 13.3. The summed E-state index contributed by atoms with van der Waals surface area (Å²) in [5.41, 5.74) is 0.546. The molecule has 6 heteroatoms. The minimum atomic E-state index is -0.415. The summed E-state index contributed by atoms with van der Waals surface area (Å²) in [5.74, 6) is 0.674. The first kappa shape index (κ1) is 16.0. The second-order valence-corrected chi connectivity index (χ2v) is 5.98. The molecule has 2 rings (SSSR count). The molecule has 1 unspecified atom stereocenters. The Morgan fingerprint density at radius 3 is 2.76 bits per heavy atom. The smallest absolute Gasteiger partial charge is 0.253 e. The second-order valence-electron chi connectivity index (χ2n) is 5.60. The Hall–Kier alpha value is -1.33. The fourth-order valence-corrected chi connectivity index (χ4v) is 2.62. The molecule has 1 atom stereocenters. The molecule has 1 aromatic heterocycles. The lowest BCUT2D eigenvalue weighted by atomic mass is 10.2. The number of aliphatic hydroxyl groups excluding tert-OH is 1. The van der Waals surface area contributed by atoms with E-state index in [-0.39, 0.29) is 5.91 Å². The van der Waals surface area contributed by atoms with Crippen LogP contribution in [0.4, 0.5) is 5.82 Å². The van der Waals surface area contributed by atoms with E-state index in [2.05, 4.69) is 9.88 Å². The molecule has 1 aromatic rings. The maximum atomic E-state index is 12.4. The molecule has 2 heterocycles. The number of aliphatic hydroxyl groups is 1. The van der Waals surface area contributed by atoms with Crippen molar-refractivity contribution in [2.45, 2.75) is 32.3 Å². The number of aromatic nitrogens is 1. The molecule has 0 spiro atoms. The molecular formula is C15H22ClN3O2. The van der Waals surface area contributed by atoms with Crippen LogP contribution in [0.5, 0.6) is 0 Å². The van der Waals surface area contributed by atoms with Gasteiger partial charge in [0, 0.05) is 32.2 Å². The van der Waals surface area contributed by atoms with E-state index in [1.807, 2.05) is 0 Å². The highest BCUT2D eigenvalue weighted by atomic mass is 35.5. The first-order valence-electron chi connectivity index (χ1n) is 7.33. The maximum Gasteiger partial charge on any atom is 0.253 e. The van der Waals surface area contributed by atoms with Crippen molar-refractivity contribution >= 4 is 23.3 Å². The molecule has 21 heavy (non-hydrogen) atoms. The minimum absolute atomic E-state index is 0.0969. The Morgan fingerprint density at radius 2 is 2.14 bits per heavy atom. The molecule has 1 saturated heterocycles. The molecule has 1 aliphatic rings. The molecule has 0 radical (unpaired) electrons. The Bertz CT molecular complexity index is 502. The van der Waals surface area contributed by atoms with Crippen LogP contribution >= 0.6 is 11.6 Å². The number of hydrogen-bond donors (Lipinski definition) is 1. The maximum absolute atomic E-state index is 12.4. The second kappa shape index (κ2) is 7.09. The van der Waals surface area contributed by atoms with E-state index in [0.29, 0.717) is 23.7 Å². The molecule has 1 amide bonds. The van der Waals surface area contributed by atoms with E-state index in [1.54, 1.807) is 31.0 Å². The van der Waals surface area contributed by atoms with Gasteiger partial charge in [-0.2, -0.15) is 0 Å². The lowest BCUT2D eigenvalue weighted by molar-refractivity contribution is 0.0769. The van der Waals surface area contributed by atoms with Crippen LogP contribution in [0.1, 0.15) is 36.5 Å². The van der Waals surface area contributed by atoms with Gasteiger partial charge in [0.05, 0.1) is 6.10 Å². The van der Waals surface area contributed by atoms with Crippen LogP contribution < -0.4 is 4.90 Å². The van der Waals surface area contributed by atoms with Crippen LogP contribution in [0.2, 0.25) is 5.15 Å². The number of carbonyl (C=O) groups excluding carboxylic acids is 1. The molecule has 5 nitrogen and oxygen atoms in total. The molecule has 1 fully saturated rings. The van der Waals surface area contributed by atoms with Gasteiger partial charge in [0.2, 0.25) is 0 Å². The summed E-state index contributed by atoms with van der Waals surface area (Å²) in [6.45, 7) is 4.14. The van der Waals surface area contributed by atoms with Crippen molar-refractivity contribution in [1.82, 2.24) is 9.88 Å². The van der Waals surface area contributed by atoms with Gasteiger partial charge in [-0.05, 0) is 38.3 Å². The average Bonchev–Trinajstić information content (AvgIpc) is 2.97. The van der Waals surface area contributed by atoms with Gasteiger partial charge >= 0.3 is 0 Å². The van der Waals surface area contributed by atoms with E-state index in [4.69, 9.17) is 11.6 Å². The molecular weight excluding hydrogens is 290 g/mol. The van der Waals surface area contributed by atoms with Crippen molar-refractivity contribution < 1.29 is 9.90 Å². The normalized spacial score (nSPS) is 16.1. The first-order valence-corrected chi connectivity index (χ1v) is 7.71. The van der Waals surface area contributed by atoms with Crippen LogP contribution in [0, 0.1) is 0 Å². The van der Waals surface area contributed by atoms with Crippen molar-refractivity contribution in [3.63, 3.8) is 0 Å². The summed E-state index contributed by atoms with van der Waals surface area (Å²) in [5, 5.41) is 9.65. The number of pyridine rings is 1. The van der Waals surface area contributed by atoms with Gasteiger partial charge in [0.25, 0.3) is 5.91 Å². The van der Waals surface area contributed by atoms with Gasteiger partial charge in [-0.3, -0.25) is 4.79 Å². The lowest BCUT2D eigenvalue weighted by Gasteiger charge is -2.20. The Balaban J connectivity index is 2.12. The topological polar surface area (TPSA) is 56.7 Å². The predicted octanol–water partition coefficient (Wildman–Crippen LogP) is 2.18. The highest BCUT2D eigenvalue weighted by molar-refractivity contribution is 6.29. The summed E-state index contributed by atoms with van der Waals surface area (Å²) >= 11 is 6.06. The third kappa shape index (κ3) is 4.32. The number of rotatable bonds is 5. The van der Waals surface area contributed by atoms with Crippen molar-refractivity contribution in [3.8, 4) is 0 Å². The summed E-state index contributed by atoms with van der Waals surface area (Å²) in [6.07, 6.45) is 2.43.